The van der Waals surface area contributed by atoms with E-state index >= 15 is 0 Å². The van der Waals surface area contributed by atoms with E-state index in [1.165, 1.54) is 0 Å². The molecule has 0 saturated carbocycles. The number of rotatable bonds is 5. The summed E-state index contributed by atoms with van der Waals surface area (Å²) in [6, 6.07) is 0. The van der Waals surface area contributed by atoms with Gasteiger partial charge in [0.2, 0.25) is 0 Å². The molecule has 11 heavy (non-hydrogen) atoms. The SMILES string of the molecule is CCOCC(=O)OC(C)CC. The predicted octanol–water partition coefficient (Wildman–Crippen LogP) is 1.36. The Kier molecular flexibility index (Phi) is 5.84. The van der Waals surface area contributed by atoms with Crippen LogP contribution in [-0.2, 0) is 14.3 Å². The zero-order valence-corrected chi connectivity index (χ0v) is 7.42. The van der Waals surface area contributed by atoms with Gasteiger partial charge in [0, 0.05) is 6.61 Å². The molecule has 1 unspecified atom stereocenters. The van der Waals surface area contributed by atoms with Crippen LogP contribution in [0, 0.1) is 0 Å². The van der Waals surface area contributed by atoms with Gasteiger partial charge in [-0.05, 0) is 20.3 Å². The van der Waals surface area contributed by atoms with Crippen LogP contribution >= 0.6 is 0 Å². The lowest BCUT2D eigenvalue weighted by atomic mass is 10.3. The van der Waals surface area contributed by atoms with Crippen LogP contribution in [0.3, 0.4) is 0 Å². The molecular formula is C8H16O3. The van der Waals surface area contributed by atoms with Crippen molar-refractivity contribution in [3.05, 3.63) is 0 Å². The molecule has 0 bridgehead atoms. The first-order chi connectivity index (χ1) is 5.20. The lowest BCUT2D eigenvalue weighted by molar-refractivity contribution is -0.153. The molecule has 0 aromatic heterocycles. The molecule has 0 aromatic rings. The first kappa shape index (κ1) is 10.4. The average molecular weight is 160 g/mol. The molecule has 0 aromatic carbocycles. The highest BCUT2D eigenvalue weighted by Gasteiger charge is 2.06. The molecule has 0 aliphatic heterocycles. The largest absolute Gasteiger partial charge is 0.461 e. The molecule has 0 saturated heterocycles. The van der Waals surface area contributed by atoms with Crippen LogP contribution in [0.25, 0.3) is 0 Å². The summed E-state index contributed by atoms with van der Waals surface area (Å²) in [4.78, 5) is 10.8. The maximum atomic E-state index is 10.8. The lowest BCUT2D eigenvalue weighted by Crippen LogP contribution is -2.18. The van der Waals surface area contributed by atoms with Crippen molar-refractivity contribution < 1.29 is 14.3 Å². The van der Waals surface area contributed by atoms with Crippen LogP contribution in [0.5, 0.6) is 0 Å². The second kappa shape index (κ2) is 6.16. The van der Waals surface area contributed by atoms with Gasteiger partial charge in [-0.3, -0.25) is 0 Å². The summed E-state index contributed by atoms with van der Waals surface area (Å²) in [5.74, 6) is -0.277. The molecule has 0 spiro atoms. The molecule has 0 N–H and O–H groups in total. The van der Waals surface area contributed by atoms with E-state index in [1.807, 2.05) is 20.8 Å². The Bertz CT molecular complexity index is 112. The van der Waals surface area contributed by atoms with E-state index in [0.717, 1.165) is 6.42 Å². The second-order valence-corrected chi connectivity index (χ2v) is 2.35. The quantitative estimate of drug-likeness (QED) is 0.570. The van der Waals surface area contributed by atoms with Crippen molar-refractivity contribution in [1.82, 2.24) is 0 Å². The van der Waals surface area contributed by atoms with Crippen LogP contribution in [-0.4, -0.2) is 25.3 Å². The first-order valence-corrected chi connectivity index (χ1v) is 3.97. The highest BCUT2D eigenvalue weighted by Crippen LogP contribution is 1.96. The number of hydrogen-bond acceptors (Lipinski definition) is 3. The van der Waals surface area contributed by atoms with Gasteiger partial charge >= 0.3 is 5.97 Å². The van der Waals surface area contributed by atoms with Crippen molar-refractivity contribution in [3.8, 4) is 0 Å². The van der Waals surface area contributed by atoms with E-state index in [2.05, 4.69) is 0 Å². The van der Waals surface area contributed by atoms with Crippen molar-refractivity contribution in [3.63, 3.8) is 0 Å². The second-order valence-electron chi connectivity index (χ2n) is 2.35. The monoisotopic (exact) mass is 160 g/mol. The van der Waals surface area contributed by atoms with Crippen LogP contribution in [0.4, 0.5) is 0 Å². The highest BCUT2D eigenvalue weighted by atomic mass is 16.6. The van der Waals surface area contributed by atoms with Crippen LogP contribution < -0.4 is 0 Å². The summed E-state index contributed by atoms with van der Waals surface area (Å²) in [6.45, 7) is 6.30. The number of carbonyl (C=O) groups is 1. The molecule has 0 radical (unpaired) electrons. The molecule has 0 fully saturated rings. The molecule has 3 heteroatoms. The molecule has 0 rings (SSSR count). The summed E-state index contributed by atoms with van der Waals surface area (Å²) < 4.78 is 9.80. The summed E-state index contributed by atoms with van der Waals surface area (Å²) in [5.41, 5.74) is 0. The summed E-state index contributed by atoms with van der Waals surface area (Å²) >= 11 is 0. The van der Waals surface area contributed by atoms with Gasteiger partial charge in [-0.1, -0.05) is 6.92 Å². The lowest BCUT2D eigenvalue weighted by Gasteiger charge is -2.09. The van der Waals surface area contributed by atoms with Gasteiger partial charge in [0.05, 0.1) is 6.10 Å². The Hall–Kier alpha value is -0.570. The van der Waals surface area contributed by atoms with Gasteiger partial charge in [0.15, 0.2) is 0 Å². The van der Waals surface area contributed by atoms with E-state index in [1.54, 1.807) is 0 Å². The number of carbonyl (C=O) groups excluding carboxylic acids is 1. The standard InChI is InChI=1S/C8H16O3/c1-4-7(3)11-8(9)6-10-5-2/h7H,4-6H2,1-3H3. The maximum absolute atomic E-state index is 10.8. The van der Waals surface area contributed by atoms with E-state index in [-0.39, 0.29) is 18.7 Å². The Morgan fingerprint density at radius 2 is 2.09 bits per heavy atom. The van der Waals surface area contributed by atoms with E-state index in [0.29, 0.717) is 6.61 Å². The third kappa shape index (κ3) is 5.85. The van der Waals surface area contributed by atoms with Crippen LogP contribution in [0.15, 0.2) is 0 Å². The minimum Gasteiger partial charge on any atom is -0.461 e. The van der Waals surface area contributed by atoms with Gasteiger partial charge < -0.3 is 9.47 Å². The van der Waals surface area contributed by atoms with Gasteiger partial charge in [-0.25, -0.2) is 4.79 Å². The first-order valence-electron chi connectivity index (χ1n) is 3.97. The van der Waals surface area contributed by atoms with Crippen molar-refractivity contribution >= 4 is 5.97 Å². The van der Waals surface area contributed by atoms with Gasteiger partial charge in [-0.2, -0.15) is 0 Å². The smallest absolute Gasteiger partial charge is 0.332 e. The summed E-state index contributed by atoms with van der Waals surface area (Å²) in [6.07, 6.45) is 0.848. The summed E-state index contributed by atoms with van der Waals surface area (Å²) in [7, 11) is 0. The molecule has 0 heterocycles. The van der Waals surface area contributed by atoms with E-state index in [9.17, 15) is 4.79 Å². The number of esters is 1. The molecule has 0 aliphatic rings. The molecule has 3 nitrogen and oxygen atoms in total. The van der Waals surface area contributed by atoms with Gasteiger partial charge in [-0.15, -0.1) is 0 Å². The average Bonchev–Trinajstić information content (AvgIpc) is 2.00. The molecular weight excluding hydrogens is 144 g/mol. The zero-order chi connectivity index (χ0) is 8.69. The normalized spacial score (nSPS) is 12.6. The Morgan fingerprint density at radius 3 is 2.55 bits per heavy atom. The molecule has 1 atom stereocenters. The Balaban J connectivity index is 3.36. The summed E-state index contributed by atoms with van der Waals surface area (Å²) in [5, 5.41) is 0. The predicted molar refractivity (Wildman–Crippen MR) is 42.3 cm³/mol. The fourth-order valence-corrected chi connectivity index (χ4v) is 0.527. The maximum Gasteiger partial charge on any atom is 0.332 e. The van der Waals surface area contributed by atoms with Crippen molar-refractivity contribution in [2.45, 2.75) is 33.3 Å². The zero-order valence-electron chi connectivity index (χ0n) is 7.42. The Morgan fingerprint density at radius 1 is 1.45 bits per heavy atom. The van der Waals surface area contributed by atoms with E-state index in [4.69, 9.17) is 9.47 Å². The van der Waals surface area contributed by atoms with Crippen molar-refractivity contribution in [2.24, 2.45) is 0 Å². The van der Waals surface area contributed by atoms with Gasteiger partial charge in [0.1, 0.15) is 6.61 Å². The fourth-order valence-electron chi connectivity index (χ4n) is 0.527. The third-order valence-electron chi connectivity index (χ3n) is 1.33. The number of hydrogen-bond donors (Lipinski definition) is 0. The van der Waals surface area contributed by atoms with Crippen molar-refractivity contribution in [1.29, 1.82) is 0 Å². The topological polar surface area (TPSA) is 35.5 Å². The Labute approximate surface area is 67.7 Å². The van der Waals surface area contributed by atoms with Crippen LogP contribution in [0.2, 0.25) is 0 Å². The highest BCUT2D eigenvalue weighted by molar-refractivity contribution is 5.70. The minimum absolute atomic E-state index is 0.00274. The van der Waals surface area contributed by atoms with Crippen LogP contribution in [0.1, 0.15) is 27.2 Å². The van der Waals surface area contributed by atoms with Gasteiger partial charge in [0.25, 0.3) is 0 Å². The number of ether oxygens (including phenoxy) is 2. The van der Waals surface area contributed by atoms with E-state index < -0.39 is 0 Å². The molecule has 0 aliphatic carbocycles. The molecule has 66 valence electrons. The third-order valence-corrected chi connectivity index (χ3v) is 1.33. The van der Waals surface area contributed by atoms with Crippen molar-refractivity contribution in [2.75, 3.05) is 13.2 Å². The molecule has 0 amide bonds. The fraction of sp³-hybridized carbons (Fsp3) is 0.875. The minimum atomic E-state index is -0.277.